The van der Waals surface area contributed by atoms with Gasteiger partial charge in [0.1, 0.15) is 5.82 Å². The quantitative estimate of drug-likeness (QED) is 0.681. The Morgan fingerprint density at radius 1 is 1.14 bits per heavy atom. The van der Waals surface area contributed by atoms with Gasteiger partial charge in [-0.15, -0.1) is 0 Å². The molecule has 0 fully saturated rings. The molecule has 2 heterocycles. The molecule has 3 aromatic rings. The molecule has 0 atom stereocenters. The third kappa shape index (κ3) is 2.77. The summed E-state index contributed by atoms with van der Waals surface area (Å²) in [6.45, 7) is 1.82. The maximum absolute atomic E-state index is 14.4. The third-order valence-corrected chi connectivity index (χ3v) is 5.04. The summed E-state index contributed by atoms with van der Waals surface area (Å²) in [6, 6.07) is 9.88. The molecule has 0 bridgehead atoms. The van der Waals surface area contributed by atoms with Crippen molar-refractivity contribution < 1.29 is 14.3 Å². The SMILES string of the molecule is Cc1ccc(F)c(C2=NC(=O)c3c(-c4ccc(N(C)C)c(Cl)c4)[nH]c(O)c32)c1. The van der Waals surface area contributed by atoms with Crippen LogP contribution in [0.2, 0.25) is 5.02 Å². The summed E-state index contributed by atoms with van der Waals surface area (Å²) >= 11 is 6.35. The normalized spacial score (nSPS) is 12.9. The molecule has 142 valence electrons. The Bertz CT molecular complexity index is 1160. The molecule has 0 spiro atoms. The fourth-order valence-electron chi connectivity index (χ4n) is 3.40. The zero-order valence-corrected chi connectivity index (χ0v) is 16.2. The van der Waals surface area contributed by atoms with Gasteiger partial charge in [0.15, 0.2) is 5.88 Å². The van der Waals surface area contributed by atoms with Gasteiger partial charge in [0.2, 0.25) is 0 Å². The molecular formula is C21H17ClFN3O2. The van der Waals surface area contributed by atoms with Crippen molar-refractivity contribution in [2.24, 2.45) is 4.99 Å². The zero-order chi connectivity index (χ0) is 20.2. The highest BCUT2D eigenvalue weighted by Gasteiger charge is 2.34. The van der Waals surface area contributed by atoms with Gasteiger partial charge < -0.3 is 15.0 Å². The van der Waals surface area contributed by atoms with Crippen LogP contribution >= 0.6 is 11.6 Å². The molecule has 0 saturated carbocycles. The molecule has 1 aromatic heterocycles. The Morgan fingerprint density at radius 3 is 2.57 bits per heavy atom. The maximum atomic E-state index is 14.4. The monoisotopic (exact) mass is 397 g/mol. The van der Waals surface area contributed by atoms with E-state index in [2.05, 4.69) is 9.98 Å². The number of H-pyrrole nitrogens is 1. The van der Waals surface area contributed by atoms with Crippen molar-refractivity contribution >= 4 is 28.9 Å². The number of amides is 1. The van der Waals surface area contributed by atoms with Crippen LogP contribution in [0.15, 0.2) is 41.4 Å². The van der Waals surface area contributed by atoms with E-state index in [-0.39, 0.29) is 28.3 Å². The number of anilines is 1. The van der Waals surface area contributed by atoms with Gasteiger partial charge in [0.25, 0.3) is 5.91 Å². The van der Waals surface area contributed by atoms with E-state index in [0.29, 0.717) is 16.3 Å². The van der Waals surface area contributed by atoms with Gasteiger partial charge in [0, 0.05) is 25.2 Å². The number of rotatable bonds is 3. The number of aromatic hydroxyl groups is 1. The van der Waals surface area contributed by atoms with E-state index >= 15 is 0 Å². The predicted molar refractivity (Wildman–Crippen MR) is 108 cm³/mol. The number of nitrogens with one attached hydrogen (secondary N) is 1. The minimum Gasteiger partial charge on any atom is -0.494 e. The first-order valence-corrected chi connectivity index (χ1v) is 8.97. The molecule has 0 aliphatic carbocycles. The van der Waals surface area contributed by atoms with Gasteiger partial charge in [-0.1, -0.05) is 29.3 Å². The van der Waals surface area contributed by atoms with Crippen molar-refractivity contribution in [1.82, 2.24) is 4.98 Å². The molecule has 5 nitrogen and oxygen atoms in total. The van der Waals surface area contributed by atoms with Crippen molar-refractivity contribution in [3.8, 4) is 17.1 Å². The summed E-state index contributed by atoms with van der Waals surface area (Å²) in [5.41, 5.74) is 3.38. The molecule has 7 heteroatoms. The number of aliphatic imine (C=N–C) groups is 1. The van der Waals surface area contributed by atoms with Crippen LogP contribution in [0, 0.1) is 12.7 Å². The predicted octanol–water partition coefficient (Wildman–Crippen LogP) is 4.55. The fraction of sp³-hybridized carbons (Fsp3) is 0.143. The average Bonchev–Trinajstić information content (AvgIpc) is 3.15. The molecule has 2 aromatic carbocycles. The van der Waals surface area contributed by atoms with Gasteiger partial charge in [-0.3, -0.25) is 4.79 Å². The van der Waals surface area contributed by atoms with Crippen molar-refractivity contribution in [3.63, 3.8) is 0 Å². The topological polar surface area (TPSA) is 68.7 Å². The lowest BCUT2D eigenvalue weighted by Crippen LogP contribution is -2.09. The molecule has 0 unspecified atom stereocenters. The Balaban J connectivity index is 1.87. The second-order valence-electron chi connectivity index (χ2n) is 6.91. The molecule has 28 heavy (non-hydrogen) atoms. The van der Waals surface area contributed by atoms with Crippen LogP contribution in [0.4, 0.5) is 10.1 Å². The van der Waals surface area contributed by atoms with Crippen molar-refractivity contribution in [3.05, 3.63) is 69.5 Å². The maximum Gasteiger partial charge on any atom is 0.280 e. The first-order valence-electron chi connectivity index (χ1n) is 8.60. The number of carbonyl (C=O) groups excluding carboxylic acids is 1. The van der Waals surface area contributed by atoms with Crippen molar-refractivity contribution in [2.45, 2.75) is 6.92 Å². The lowest BCUT2D eigenvalue weighted by atomic mass is 9.98. The standard InChI is InChI=1S/C21H17ClFN3O2/c1-10-4-6-14(23)12(8-10)19-17-16(20(27)25-19)18(24-21(17)28)11-5-7-15(26(2)3)13(22)9-11/h4-9,24,28H,1-3H3. The van der Waals surface area contributed by atoms with E-state index in [1.165, 1.54) is 6.07 Å². The lowest BCUT2D eigenvalue weighted by molar-refractivity contribution is 0.101. The van der Waals surface area contributed by atoms with Crippen LogP contribution in [0.25, 0.3) is 11.3 Å². The van der Waals surface area contributed by atoms with Gasteiger partial charge in [-0.25, -0.2) is 9.38 Å². The molecule has 2 N–H and O–H groups in total. The fourth-order valence-corrected chi connectivity index (χ4v) is 3.75. The zero-order valence-electron chi connectivity index (χ0n) is 15.5. The van der Waals surface area contributed by atoms with Crippen LogP contribution in [0.1, 0.15) is 27.0 Å². The number of aryl methyl sites for hydroxylation is 1. The van der Waals surface area contributed by atoms with Crippen LogP contribution < -0.4 is 4.90 Å². The third-order valence-electron chi connectivity index (χ3n) is 4.74. The van der Waals surface area contributed by atoms with E-state index in [0.717, 1.165) is 11.3 Å². The number of nitrogens with zero attached hydrogens (tertiary/aromatic N) is 2. The average molecular weight is 398 g/mol. The number of fused-ring (bicyclic) bond motifs is 1. The van der Waals surface area contributed by atoms with Crippen molar-refractivity contribution in [2.75, 3.05) is 19.0 Å². The summed E-state index contributed by atoms with van der Waals surface area (Å²) < 4.78 is 14.4. The number of aromatic amines is 1. The molecule has 0 saturated heterocycles. The Morgan fingerprint density at radius 2 is 1.89 bits per heavy atom. The summed E-state index contributed by atoms with van der Waals surface area (Å²) in [7, 11) is 3.75. The second-order valence-corrected chi connectivity index (χ2v) is 7.32. The summed E-state index contributed by atoms with van der Waals surface area (Å²) in [5.74, 6) is -1.28. The number of halogens is 2. The van der Waals surface area contributed by atoms with Gasteiger partial charge >= 0.3 is 0 Å². The first kappa shape index (κ1) is 18.3. The van der Waals surface area contributed by atoms with Gasteiger partial charge in [0.05, 0.1) is 33.2 Å². The Hall–Kier alpha value is -3.12. The summed E-state index contributed by atoms with van der Waals surface area (Å²) in [6.07, 6.45) is 0. The number of benzene rings is 2. The number of aromatic nitrogens is 1. The summed E-state index contributed by atoms with van der Waals surface area (Å²) in [5, 5.41) is 11.0. The number of hydrogen-bond acceptors (Lipinski definition) is 3. The van der Waals surface area contributed by atoms with Gasteiger partial charge in [-0.2, -0.15) is 0 Å². The minimum atomic E-state index is -0.537. The second kappa shape index (κ2) is 6.49. The van der Waals surface area contributed by atoms with Crippen LogP contribution in [0.5, 0.6) is 5.88 Å². The van der Waals surface area contributed by atoms with E-state index < -0.39 is 11.7 Å². The number of hydrogen-bond donors (Lipinski definition) is 2. The Kier molecular flexibility index (Phi) is 4.23. The van der Waals surface area contributed by atoms with Gasteiger partial charge in [-0.05, 0) is 31.2 Å². The van der Waals surface area contributed by atoms with Crippen LogP contribution in [0.3, 0.4) is 0 Å². The highest BCUT2D eigenvalue weighted by atomic mass is 35.5. The lowest BCUT2D eigenvalue weighted by Gasteiger charge is -2.15. The van der Waals surface area contributed by atoms with E-state index in [9.17, 15) is 14.3 Å². The molecule has 4 rings (SSSR count). The molecule has 1 amide bonds. The molecule has 0 radical (unpaired) electrons. The minimum absolute atomic E-state index is 0.122. The van der Waals surface area contributed by atoms with Crippen LogP contribution in [-0.4, -0.2) is 35.8 Å². The molecular weight excluding hydrogens is 381 g/mol. The highest BCUT2D eigenvalue weighted by molar-refractivity contribution is 6.34. The van der Waals surface area contributed by atoms with E-state index in [4.69, 9.17) is 11.6 Å². The Labute approximate surface area is 166 Å². The smallest absolute Gasteiger partial charge is 0.280 e. The van der Waals surface area contributed by atoms with E-state index in [1.54, 1.807) is 24.3 Å². The highest BCUT2D eigenvalue weighted by Crippen LogP contribution is 2.40. The largest absolute Gasteiger partial charge is 0.494 e. The first-order chi connectivity index (χ1) is 13.3. The van der Waals surface area contributed by atoms with E-state index in [1.807, 2.05) is 32.0 Å². The van der Waals surface area contributed by atoms with Crippen LogP contribution in [-0.2, 0) is 0 Å². The molecule has 1 aliphatic heterocycles. The summed E-state index contributed by atoms with van der Waals surface area (Å²) in [4.78, 5) is 21.4. The number of carbonyl (C=O) groups is 1. The van der Waals surface area contributed by atoms with Crippen molar-refractivity contribution in [1.29, 1.82) is 0 Å². The molecule has 1 aliphatic rings.